The van der Waals surface area contributed by atoms with Gasteiger partial charge >= 0.3 is 0 Å². The number of carbonyl (C=O) groups excluding carboxylic acids is 1. The van der Waals surface area contributed by atoms with Crippen LogP contribution < -0.4 is 5.11 Å². The molecule has 0 radical (unpaired) electrons. The highest BCUT2D eigenvalue weighted by Crippen LogP contribution is 2.12. The first-order valence-corrected chi connectivity index (χ1v) is 4.10. The van der Waals surface area contributed by atoms with E-state index in [0.717, 1.165) is 0 Å². The Kier molecular flexibility index (Phi) is 3.27. The summed E-state index contributed by atoms with van der Waals surface area (Å²) in [6, 6.07) is 7.98. The van der Waals surface area contributed by atoms with Crippen molar-refractivity contribution in [1.82, 2.24) is 0 Å². The first-order valence-electron chi connectivity index (χ1n) is 3.72. The van der Waals surface area contributed by atoms with Crippen molar-refractivity contribution >= 4 is 23.6 Å². The first kappa shape index (κ1) is 10.3. The normalized spacial score (nSPS) is 10.7. The van der Waals surface area contributed by atoms with Gasteiger partial charge in [-0.1, -0.05) is 23.7 Å². The van der Waals surface area contributed by atoms with Gasteiger partial charge in [0.1, 0.15) is 6.07 Å². The second kappa shape index (κ2) is 4.45. The minimum absolute atomic E-state index is 0.410. The summed E-state index contributed by atoms with van der Waals surface area (Å²) in [7, 11) is 0. The van der Waals surface area contributed by atoms with Gasteiger partial charge < -0.3 is 9.90 Å². The third-order valence-corrected chi connectivity index (χ3v) is 1.77. The molecular formula is C10H5ClNO2-. The van der Waals surface area contributed by atoms with Gasteiger partial charge in [-0.15, -0.1) is 0 Å². The van der Waals surface area contributed by atoms with E-state index >= 15 is 0 Å². The molecule has 4 heteroatoms. The van der Waals surface area contributed by atoms with E-state index in [1.807, 2.05) is 0 Å². The number of carboxylic acids is 1. The molecule has 0 bridgehead atoms. The molecular weight excluding hydrogens is 202 g/mol. The number of benzene rings is 1. The predicted octanol–water partition coefficient (Wildman–Crippen LogP) is 0.997. The Morgan fingerprint density at radius 1 is 1.43 bits per heavy atom. The lowest BCUT2D eigenvalue weighted by Crippen LogP contribution is -2.23. The quantitative estimate of drug-likeness (QED) is 0.536. The highest BCUT2D eigenvalue weighted by Gasteiger charge is 1.96. The molecule has 0 atom stereocenters. The lowest BCUT2D eigenvalue weighted by Gasteiger charge is -1.99. The first-order chi connectivity index (χ1) is 6.63. The number of nitrogens with zero attached hydrogens (tertiary/aromatic N) is 1. The molecule has 1 rings (SSSR count). The Morgan fingerprint density at radius 2 is 2.00 bits per heavy atom. The molecule has 0 amide bonds. The summed E-state index contributed by atoms with van der Waals surface area (Å²) in [5, 5.41) is 19.4. The molecule has 0 aliphatic carbocycles. The molecule has 0 fully saturated rings. The van der Waals surface area contributed by atoms with Gasteiger partial charge in [-0.05, 0) is 23.8 Å². The van der Waals surface area contributed by atoms with Crippen LogP contribution in [0.4, 0.5) is 0 Å². The average molecular weight is 207 g/mol. The van der Waals surface area contributed by atoms with Crippen LogP contribution in [0.25, 0.3) is 6.08 Å². The molecule has 1 aromatic carbocycles. The fraction of sp³-hybridized carbons (Fsp3) is 0. The van der Waals surface area contributed by atoms with Crippen LogP contribution in [0.3, 0.4) is 0 Å². The number of carbonyl (C=O) groups is 1. The SMILES string of the molecule is N#C/C(=C/c1ccc(Cl)cc1)C(=O)[O-]. The summed E-state index contributed by atoms with van der Waals surface area (Å²) >= 11 is 5.63. The third kappa shape index (κ3) is 2.61. The minimum atomic E-state index is -1.48. The molecule has 3 nitrogen and oxygen atoms in total. The summed E-state index contributed by atoms with van der Waals surface area (Å²) in [5.41, 5.74) is 0.183. The fourth-order valence-electron chi connectivity index (χ4n) is 0.863. The van der Waals surface area contributed by atoms with Gasteiger partial charge in [-0.3, -0.25) is 0 Å². The summed E-state index contributed by atoms with van der Waals surface area (Å²) in [4.78, 5) is 10.4. The van der Waals surface area contributed by atoms with Crippen molar-refractivity contribution in [1.29, 1.82) is 5.26 Å². The monoisotopic (exact) mass is 206 g/mol. The van der Waals surface area contributed by atoms with Crippen molar-refractivity contribution in [3.63, 3.8) is 0 Å². The van der Waals surface area contributed by atoms with Crippen LogP contribution in [-0.2, 0) is 4.79 Å². The van der Waals surface area contributed by atoms with E-state index in [1.165, 1.54) is 12.1 Å². The standard InChI is InChI=1S/C10H6ClNO2/c11-9-3-1-7(2-4-9)5-8(6-12)10(13)14/h1-5H,(H,13,14)/p-1/b8-5-. The van der Waals surface area contributed by atoms with Crippen molar-refractivity contribution in [2.75, 3.05) is 0 Å². The Balaban J connectivity index is 3.03. The molecule has 0 spiro atoms. The molecule has 0 heterocycles. The molecule has 0 aliphatic heterocycles. The van der Waals surface area contributed by atoms with Crippen molar-refractivity contribution in [2.24, 2.45) is 0 Å². The van der Waals surface area contributed by atoms with E-state index in [0.29, 0.717) is 10.6 Å². The zero-order chi connectivity index (χ0) is 10.6. The summed E-state index contributed by atoms with van der Waals surface area (Å²) in [5.74, 6) is -1.48. The van der Waals surface area contributed by atoms with E-state index in [-0.39, 0.29) is 0 Å². The van der Waals surface area contributed by atoms with Crippen molar-refractivity contribution in [2.45, 2.75) is 0 Å². The van der Waals surface area contributed by atoms with Gasteiger partial charge in [-0.2, -0.15) is 5.26 Å². The zero-order valence-electron chi connectivity index (χ0n) is 7.03. The Labute approximate surface area is 85.9 Å². The van der Waals surface area contributed by atoms with Crippen LogP contribution in [0.2, 0.25) is 5.02 Å². The van der Waals surface area contributed by atoms with Crippen LogP contribution in [0, 0.1) is 11.3 Å². The van der Waals surface area contributed by atoms with Crippen LogP contribution in [0.1, 0.15) is 5.56 Å². The van der Waals surface area contributed by atoms with Gasteiger partial charge in [0.2, 0.25) is 0 Å². The van der Waals surface area contributed by atoms with Crippen LogP contribution in [0.15, 0.2) is 29.8 Å². The molecule has 0 aromatic heterocycles. The number of hydrogen-bond acceptors (Lipinski definition) is 3. The number of nitriles is 1. The molecule has 70 valence electrons. The Bertz CT molecular complexity index is 415. The van der Waals surface area contributed by atoms with E-state index in [2.05, 4.69) is 0 Å². The Hall–Kier alpha value is -1.79. The second-order valence-electron chi connectivity index (χ2n) is 2.51. The maximum absolute atomic E-state index is 10.4. The van der Waals surface area contributed by atoms with Crippen molar-refractivity contribution in [3.8, 4) is 6.07 Å². The van der Waals surface area contributed by atoms with E-state index in [9.17, 15) is 9.90 Å². The Morgan fingerprint density at radius 3 is 2.43 bits per heavy atom. The second-order valence-corrected chi connectivity index (χ2v) is 2.95. The molecule has 1 aromatic rings. The summed E-state index contributed by atoms with van der Waals surface area (Å²) < 4.78 is 0. The highest BCUT2D eigenvalue weighted by atomic mass is 35.5. The molecule has 0 saturated heterocycles. The smallest absolute Gasteiger partial charge is 0.101 e. The number of rotatable bonds is 2. The topological polar surface area (TPSA) is 63.9 Å². The van der Waals surface area contributed by atoms with E-state index < -0.39 is 11.5 Å². The molecule has 0 aliphatic rings. The lowest BCUT2D eigenvalue weighted by molar-refractivity contribution is -0.298. The summed E-state index contributed by atoms with van der Waals surface area (Å²) in [6.45, 7) is 0. The van der Waals surface area contributed by atoms with Gasteiger partial charge in [0.25, 0.3) is 0 Å². The van der Waals surface area contributed by atoms with Crippen molar-refractivity contribution in [3.05, 3.63) is 40.4 Å². The maximum atomic E-state index is 10.4. The van der Waals surface area contributed by atoms with Gasteiger partial charge in [-0.25, -0.2) is 0 Å². The van der Waals surface area contributed by atoms with Gasteiger partial charge in [0, 0.05) is 5.02 Å². The predicted molar refractivity (Wildman–Crippen MR) is 50.0 cm³/mol. The van der Waals surface area contributed by atoms with Crippen molar-refractivity contribution < 1.29 is 9.90 Å². The molecule has 0 saturated carbocycles. The number of carboxylic acid groups (broad SMARTS) is 1. The number of hydrogen-bond donors (Lipinski definition) is 0. The highest BCUT2D eigenvalue weighted by molar-refractivity contribution is 6.30. The largest absolute Gasteiger partial charge is 0.544 e. The third-order valence-electron chi connectivity index (χ3n) is 1.52. The maximum Gasteiger partial charge on any atom is 0.101 e. The van der Waals surface area contributed by atoms with Gasteiger partial charge in [0.05, 0.1) is 11.5 Å². The van der Waals surface area contributed by atoms with E-state index in [4.69, 9.17) is 16.9 Å². The molecule has 0 unspecified atom stereocenters. The van der Waals surface area contributed by atoms with Crippen LogP contribution in [-0.4, -0.2) is 5.97 Å². The van der Waals surface area contributed by atoms with Gasteiger partial charge in [0.15, 0.2) is 0 Å². The van der Waals surface area contributed by atoms with Crippen LogP contribution in [0.5, 0.6) is 0 Å². The van der Waals surface area contributed by atoms with E-state index in [1.54, 1.807) is 24.3 Å². The fourth-order valence-corrected chi connectivity index (χ4v) is 0.989. The van der Waals surface area contributed by atoms with Crippen LogP contribution >= 0.6 is 11.6 Å². The average Bonchev–Trinajstić information content (AvgIpc) is 2.16. The number of halogens is 1. The summed E-state index contributed by atoms with van der Waals surface area (Å²) in [6.07, 6.45) is 1.23. The lowest BCUT2D eigenvalue weighted by atomic mass is 10.1. The molecule has 14 heavy (non-hydrogen) atoms. The molecule has 0 N–H and O–H groups in total. The number of aliphatic carboxylic acids is 1. The minimum Gasteiger partial charge on any atom is -0.544 e. The zero-order valence-corrected chi connectivity index (χ0v) is 7.78.